The van der Waals surface area contributed by atoms with Gasteiger partial charge in [0, 0.05) is 31.6 Å². The molecule has 0 bridgehead atoms. The highest BCUT2D eigenvalue weighted by molar-refractivity contribution is 7.88. The fraction of sp³-hybridized carbons (Fsp3) is 0.471. The van der Waals surface area contributed by atoms with Crippen molar-refractivity contribution in [3.8, 4) is 5.75 Å². The zero-order valence-electron chi connectivity index (χ0n) is 13.7. The number of nitrogens with one attached hydrogen (secondary N) is 1. The van der Waals surface area contributed by atoms with Crippen molar-refractivity contribution in [1.82, 2.24) is 9.62 Å². The molecule has 2 aliphatic heterocycles. The number of rotatable bonds is 4. The number of ether oxygens (including phenoxy) is 1. The maximum absolute atomic E-state index is 12.3. The Labute approximate surface area is 142 Å². The number of nitrogens with zero attached hydrogens (tertiary/aromatic N) is 1. The number of fused-ring (bicyclic) bond motifs is 1. The van der Waals surface area contributed by atoms with Crippen LogP contribution in [0.2, 0.25) is 0 Å². The van der Waals surface area contributed by atoms with Crippen LogP contribution in [-0.4, -0.2) is 51.2 Å². The van der Waals surface area contributed by atoms with Gasteiger partial charge in [0.1, 0.15) is 5.75 Å². The molecule has 3 rings (SSSR count). The van der Waals surface area contributed by atoms with E-state index in [0.29, 0.717) is 25.9 Å². The lowest BCUT2D eigenvalue weighted by Gasteiger charge is -2.31. The first-order valence-corrected chi connectivity index (χ1v) is 10.00. The first-order valence-electron chi connectivity index (χ1n) is 8.11. The molecular formula is C17H22N2O4S. The molecule has 7 heteroatoms. The molecule has 1 aromatic carbocycles. The molecule has 2 aliphatic rings. The highest BCUT2D eigenvalue weighted by Gasteiger charge is 2.23. The van der Waals surface area contributed by atoms with E-state index < -0.39 is 10.0 Å². The molecule has 0 aromatic heterocycles. The van der Waals surface area contributed by atoms with Gasteiger partial charge in [0.15, 0.2) is 0 Å². The van der Waals surface area contributed by atoms with E-state index in [1.807, 2.05) is 24.3 Å². The minimum absolute atomic E-state index is 0.0374. The smallest absolute Gasteiger partial charge is 0.246 e. The number of carbonyl (C=O) groups excluding carboxylic acids is 1. The molecular weight excluding hydrogens is 328 g/mol. The number of piperidine rings is 1. The summed E-state index contributed by atoms with van der Waals surface area (Å²) in [5, 5.41) is 0. The highest BCUT2D eigenvalue weighted by atomic mass is 32.2. The van der Waals surface area contributed by atoms with Crippen LogP contribution in [0.4, 0.5) is 0 Å². The second kappa shape index (κ2) is 6.94. The van der Waals surface area contributed by atoms with Crippen LogP contribution in [0.3, 0.4) is 0 Å². The summed E-state index contributed by atoms with van der Waals surface area (Å²) in [5.74, 6) is 0.892. The van der Waals surface area contributed by atoms with Gasteiger partial charge in [-0.2, -0.15) is 0 Å². The lowest BCUT2D eigenvalue weighted by Crippen LogP contribution is -2.45. The molecule has 24 heavy (non-hydrogen) atoms. The lowest BCUT2D eigenvalue weighted by molar-refractivity contribution is -0.126. The van der Waals surface area contributed by atoms with Crippen LogP contribution in [0, 0.1) is 0 Å². The topological polar surface area (TPSA) is 75.7 Å². The largest absolute Gasteiger partial charge is 0.493 e. The number of hydrogen-bond acceptors (Lipinski definition) is 4. The first-order chi connectivity index (χ1) is 11.4. The highest BCUT2D eigenvalue weighted by Crippen LogP contribution is 2.26. The number of benzene rings is 1. The van der Waals surface area contributed by atoms with Gasteiger partial charge in [0.05, 0.1) is 12.9 Å². The Balaban J connectivity index is 1.54. The van der Waals surface area contributed by atoms with Crippen LogP contribution < -0.4 is 9.46 Å². The molecule has 0 aliphatic carbocycles. The van der Waals surface area contributed by atoms with E-state index in [-0.39, 0.29) is 11.9 Å². The third-order valence-electron chi connectivity index (χ3n) is 4.32. The van der Waals surface area contributed by atoms with Crippen molar-refractivity contribution in [2.45, 2.75) is 25.3 Å². The van der Waals surface area contributed by atoms with Gasteiger partial charge < -0.3 is 9.64 Å². The van der Waals surface area contributed by atoms with Crippen LogP contribution >= 0.6 is 0 Å². The second-order valence-corrected chi connectivity index (χ2v) is 8.07. The van der Waals surface area contributed by atoms with Crippen molar-refractivity contribution in [3.05, 3.63) is 35.4 Å². The Morgan fingerprint density at radius 1 is 1.33 bits per heavy atom. The Morgan fingerprint density at radius 2 is 2.08 bits per heavy atom. The summed E-state index contributed by atoms with van der Waals surface area (Å²) >= 11 is 0. The van der Waals surface area contributed by atoms with Crippen molar-refractivity contribution < 1.29 is 17.9 Å². The van der Waals surface area contributed by atoms with Gasteiger partial charge in [0.2, 0.25) is 15.9 Å². The summed E-state index contributed by atoms with van der Waals surface area (Å²) in [7, 11) is -3.19. The first kappa shape index (κ1) is 17.0. The minimum atomic E-state index is -3.19. The van der Waals surface area contributed by atoms with Gasteiger partial charge in [-0.3, -0.25) is 4.79 Å². The summed E-state index contributed by atoms with van der Waals surface area (Å²) in [6.07, 6.45) is 6.76. The zero-order valence-corrected chi connectivity index (χ0v) is 14.5. The van der Waals surface area contributed by atoms with Gasteiger partial charge in [-0.05, 0) is 42.2 Å². The molecule has 6 nitrogen and oxygen atoms in total. The van der Waals surface area contributed by atoms with Crippen LogP contribution in [0.5, 0.6) is 5.75 Å². The maximum Gasteiger partial charge on any atom is 0.246 e. The van der Waals surface area contributed by atoms with E-state index in [2.05, 4.69) is 4.72 Å². The molecule has 0 unspecified atom stereocenters. The van der Waals surface area contributed by atoms with Crippen LogP contribution in [0.25, 0.3) is 6.08 Å². The number of hydrogen-bond donors (Lipinski definition) is 1. The van der Waals surface area contributed by atoms with E-state index in [1.54, 1.807) is 11.0 Å². The Hall–Kier alpha value is -1.86. The van der Waals surface area contributed by atoms with E-state index in [9.17, 15) is 13.2 Å². The Morgan fingerprint density at radius 3 is 2.79 bits per heavy atom. The standard InChI is InChI=1S/C17H22N2O4S/c1-24(21,22)18-15-6-9-19(10-7-15)17(20)5-3-13-2-4-16-14(12-13)8-11-23-16/h2-5,12,15,18H,6-11H2,1H3/b5-3+. The third kappa shape index (κ3) is 4.36. The molecule has 0 saturated carbocycles. The van der Waals surface area contributed by atoms with E-state index >= 15 is 0 Å². The van der Waals surface area contributed by atoms with E-state index in [0.717, 1.165) is 30.6 Å². The Bertz CT molecular complexity index is 750. The maximum atomic E-state index is 12.3. The molecule has 1 amide bonds. The van der Waals surface area contributed by atoms with Crippen LogP contribution in [0.1, 0.15) is 24.0 Å². The van der Waals surface area contributed by atoms with Crippen molar-refractivity contribution in [2.75, 3.05) is 26.0 Å². The van der Waals surface area contributed by atoms with E-state index in [1.165, 1.54) is 5.56 Å². The number of sulfonamides is 1. The molecule has 1 N–H and O–H groups in total. The van der Waals surface area contributed by atoms with Gasteiger partial charge >= 0.3 is 0 Å². The van der Waals surface area contributed by atoms with Crippen molar-refractivity contribution in [3.63, 3.8) is 0 Å². The molecule has 1 saturated heterocycles. The van der Waals surface area contributed by atoms with Gasteiger partial charge in [-0.25, -0.2) is 13.1 Å². The zero-order chi connectivity index (χ0) is 17.2. The molecule has 1 fully saturated rings. The van der Waals surface area contributed by atoms with Crippen molar-refractivity contribution >= 4 is 22.0 Å². The predicted molar refractivity (Wildman–Crippen MR) is 92.3 cm³/mol. The molecule has 130 valence electrons. The molecule has 0 spiro atoms. The summed E-state index contributed by atoms with van der Waals surface area (Å²) in [6.45, 7) is 1.85. The summed E-state index contributed by atoms with van der Waals surface area (Å²) < 4.78 is 30.6. The molecule has 2 heterocycles. The quantitative estimate of drug-likeness (QED) is 0.827. The average Bonchev–Trinajstić information content (AvgIpc) is 2.99. The molecule has 0 radical (unpaired) electrons. The normalized spacial score (nSPS) is 18.6. The monoisotopic (exact) mass is 350 g/mol. The van der Waals surface area contributed by atoms with Gasteiger partial charge in [-0.1, -0.05) is 6.07 Å². The number of likely N-dealkylation sites (tertiary alicyclic amines) is 1. The Kier molecular flexibility index (Phi) is 4.91. The average molecular weight is 350 g/mol. The summed E-state index contributed by atoms with van der Waals surface area (Å²) in [4.78, 5) is 14.0. The predicted octanol–water partition coefficient (Wildman–Crippen LogP) is 1.17. The van der Waals surface area contributed by atoms with Crippen molar-refractivity contribution in [1.29, 1.82) is 0 Å². The van der Waals surface area contributed by atoms with E-state index in [4.69, 9.17) is 4.74 Å². The lowest BCUT2D eigenvalue weighted by atomic mass is 10.1. The van der Waals surface area contributed by atoms with Gasteiger partial charge in [0.25, 0.3) is 0 Å². The second-order valence-electron chi connectivity index (χ2n) is 6.29. The molecule has 0 atom stereocenters. The SMILES string of the molecule is CS(=O)(=O)NC1CCN(C(=O)/C=C/c2ccc3c(c2)CCO3)CC1. The number of carbonyl (C=O) groups is 1. The van der Waals surface area contributed by atoms with Crippen molar-refractivity contribution in [2.24, 2.45) is 0 Å². The van der Waals surface area contributed by atoms with Crippen LogP contribution in [0.15, 0.2) is 24.3 Å². The summed E-state index contributed by atoms with van der Waals surface area (Å²) in [5.41, 5.74) is 2.17. The summed E-state index contributed by atoms with van der Waals surface area (Å²) in [6, 6.07) is 5.85. The molecule has 1 aromatic rings. The fourth-order valence-corrected chi connectivity index (χ4v) is 3.94. The van der Waals surface area contributed by atoms with Crippen LogP contribution in [-0.2, 0) is 21.2 Å². The third-order valence-corrected chi connectivity index (χ3v) is 5.08. The minimum Gasteiger partial charge on any atom is -0.493 e. The van der Waals surface area contributed by atoms with Gasteiger partial charge in [-0.15, -0.1) is 0 Å². The fourth-order valence-electron chi connectivity index (χ4n) is 3.10. The number of amides is 1.